The quantitative estimate of drug-likeness (QED) is 0.732. The number of hydrogen-bond donors (Lipinski definition) is 0. The van der Waals surface area contributed by atoms with E-state index in [1.54, 1.807) is 6.07 Å². The monoisotopic (exact) mass is 259 g/mol. The molecule has 0 spiro atoms. The van der Waals surface area contributed by atoms with Gasteiger partial charge in [0.05, 0.1) is 12.7 Å². The van der Waals surface area contributed by atoms with Crippen molar-refractivity contribution < 1.29 is 22.6 Å². The van der Waals surface area contributed by atoms with Crippen LogP contribution in [0.2, 0.25) is 0 Å². The molecule has 0 heterocycles. The lowest BCUT2D eigenvalue weighted by molar-refractivity contribution is -0.275. The third kappa shape index (κ3) is 5.43. The number of rotatable bonds is 6. The molecule has 0 aliphatic heterocycles. The number of nitrogens with zero attached hydrogens (tertiary/aromatic N) is 1. The molecule has 0 fully saturated rings. The predicted octanol–water partition coefficient (Wildman–Crippen LogP) is 3.66. The van der Waals surface area contributed by atoms with Crippen molar-refractivity contribution in [2.24, 2.45) is 0 Å². The van der Waals surface area contributed by atoms with Crippen molar-refractivity contribution in [3.63, 3.8) is 0 Å². The molecule has 1 aromatic rings. The van der Waals surface area contributed by atoms with Gasteiger partial charge in [0.25, 0.3) is 0 Å². The van der Waals surface area contributed by atoms with Crippen LogP contribution in [0.15, 0.2) is 24.3 Å². The van der Waals surface area contributed by atoms with Gasteiger partial charge in [0, 0.05) is 6.42 Å². The van der Waals surface area contributed by atoms with Gasteiger partial charge in [0.1, 0.15) is 0 Å². The molecule has 0 radical (unpaired) electrons. The Balaban J connectivity index is 2.52. The summed E-state index contributed by atoms with van der Waals surface area (Å²) in [7, 11) is 0. The second-order valence-corrected chi connectivity index (χ2v) is 3.46. The Morgan fingerprint density at radius 3 is 2.39 bits per heavy atom. The summed E-state index contributed by atoms with van der Waals surface area (Å²) in [5.41, 5.74) is 0. The Morgan fingerprint density at radius 1 is 1.11 bits per heavy atom. The highest BCUT2D eigenvalue weighted by atomic mass is 19.4. The van der Waals surface area contributed by atoms with E-state index in [1.165, 1.54) is 18.2 Å². The van der Waals surface area contributed by atoms with Gasteiger partial charge in [0.15, 0.2) is 11.5 Å². The minimum Gasteiger partial charge on any atom is -0.490 e. The van der Waals surface area contributed by atoms with Gasteiger partial charge in [-0.2, -0.15) is 5.26 Å². The Morgan fingerprint density at radius 2 is 1.78 bits per heavy atom. The number of hydrogen-bond acceptors (Lipinski definition) is 3. The Bertz CT molecular complexity index is 413. The first kappa shape index (κ1) is 14.2. The van der Waals surface area contributed by atoms with Crippen LogP contribution in [0.5, 0.6) is 11.5 Å². The number of unbranched alkanes of at least 4 members (excludes halogenated alkanes) is 2. The summed E-state index contributed by atoms with van der Waals surface area (Å²) in [4.78, 5) is 0. The van der Waals surface area contributed by atoms with Gasteiger partial charge in [0.2, 0.25) is 0 Å². The van der Waals surface area contributed by atoms with Crippen molar-refractivity contribution in [2.75, 3.05) is 6.61 Å². The predicted molar refractivity (Wildman–Crippen MR) is 58.1 cm³/mol. The zero-order valence-electron chi connectivity index (χ0n) is 9.54. The smallest absolute Gasteiger partial charge is 0.490 e. The van der Waals surface area contributed by atoms with Gasteiger partial charge in [-0.05, 0) is 25.0 Å². The molecule has 0 saturated carbocycles. The van der Waals surface area contributed by atoms with E-state index in [9.17, 15) is 13.2 Å². The first-order valence-corrected chi connectivity index (χ1v) is 5.37. The van der Waals surface area contributed by atoms with Gasteiger partial charge in [-0.15, -0.1) is 13.2 Å². The van der Waals surface area contributed by atoms with Crippen LogP contribution in [-0.4, -0.2) is 13.0 Å². The molecule has 18 heavy (non-hydrogen) atoms. The molecule has 6 heteroatoms. The van der Waals surface area contributed by atoms with Crippen LogP contribution in [0.1, 0.15) is 19.3 Å². The standard InChI is InChI=1S/C12H12F3NO2/c13-12(14,15)18-11-7-3-2-6-10(11)17-9-5-1-4-8-16/h2-3,6-7H,1,4-5,9H2. The molecule has 0 unspecified atom stereocenters. The summed E-state index contributed by atoms with van der Waals surface area (Å²) < 4.78 is 45.3. The maximum atomic E-state index is 12.1. The summed E-state index contributed by atoms with van der Waals surface area (Å²) in [6.45, 7) is 0.250. The largest absolute Gasteiger partial charge is 0.573 e. The van der Waals surface area contributed by atoms with Gasteiger partial charge in [-0.3, -0.25) is 0 Å². The van der Waals surface area contributed by atoms with Crippen LogP contribution in [0.4, 0.5) is 13.2 Å². The molecule has 3 nitrogen and oxygen atoms in total. The van der Waals surface area contributed by atoms with Crippen LogP contribution in [0, 0.1) is 11.3 Å². The topological polar surface area (TPSA) is 42.2 Å². The minimum atomic E-state index is -4.74. The molecule has 0 bridgehead atoms. The Hall–Kier alpha value is -1.90. The lowest BCUT2D eigenvalue weighted by atomic mass is 10.2. The van der Waals surface area contributed by atoms with E-state index in [4.69, 9.17) is 10.00 Å². The molecule has 0 aliphatic rings. The maximum absolute atomic E-state index is 12.1. The zero-order chi connectivity index (χ0) is 13.4. The number of ether oxygens (including phenoxy) is 2. The maximum Gasteiger partial charge on any atom is 0.573 e. The van der Waals surface area contributed by atoms with Gasteiger partial charge < -0.3 is 9.47 Å². The van der Waals surface area contributed by atoms with Crippen molar-refractivity contribution in [2.45, 2.75) is 25.6 Å². The highest BCUT2D eigenvalue weighted by molar-refractivity contribution is 5.39. The van der Waals surface area contributed by atoms with E-state index in [1.807, 2.05) is 6.07 Å². The SMILES string of the molecule is N#CCCCCOc1ccccc1OC(F)(F)F. The molecule has 0 aromatic heterocycles. The van der Waals surface area contributed by atoms with Gasteiger partial charge in [-0.1, -0.05) is 12.1 Å². The first-order valence-electron chi connectivity index (χ1n) is 5.37. The van der Waals surface area contributed by atoms with E-state index < -0.39 is 6.36 Å². The molecule has 1 rings (SSSR count). The van der Waals surface area contributed by atoms with E-state index >= 15 is 0 Å². The fraction of sp³-hybridized carbons (Fsp3) is 0.417. The fourth-order valence-corrected chi connectivity index (χ4v) is 1.27. The zero-order valence-corrected chi connectivity index (χ0v) is 9.54. The fourth-order valence-electron chi connectivity index (χ4n) is 1.27. The summed E-state index contributed by atoms with van der Waals surface area (Å²) in [5, 5.41) is 8.32. The molecule has 98 valence electrons. The van der Waals surface area contributed by atoms with E-state index in [2.05, 4.69) is 4.74 Å². The number of nitriles is 1. The van der Waals surface area contributed by atoms with Crippen LogP contribution in [0.25, 0.3) is 0 Å². The Kier molecular flexibility index (Phi) is 5.31. The lowest BCUT2D eigenvalue weighted by Gasteiger charge is -2.13. The normalized spacial score (nSPS) is 10.8. The number of halogens is 3. The van der Waals surface area contributed by atoms with E-state index in [0.717, 1.165) is 0 Å². The summed E-state index contributed by atoms with van der Waals surface area (Å²) in [5.74, 6) is -0.308. The van der Waals surface area contributed by atoms with Crippen molar-refractivity contribution in [3.05, 3.63) is 24.3 Å². The molecule has 0 amide bonds. The van der Waals surface area contributed by atoms with E-state index in [-0.39, 0.29) is 18.1 Å². The van der Waals surface area contributed by atoms with E-state index in [0.29, 0.717) is 19.3 Å². The summed E-state index contributed by atoms with van der Waals surface area (Å²) in [6, 6.07) is 7.58. The van der Waals surface area contributed by atoms with Crippen LogP contribution in [0.3, 0.4) is 0 Å². The molecule has 0 atom stereocenters. The van der Waals surface area contributed by atoms with Gasteiger partial charge >= 0.3 is 6.36 Å². The molecule has 1 aromatic carbocycles. The van der Waals surface area contributed by atoms with Crippen molar-refractivity contribution >= 4 is 0 Å². The summed E-state index contributed by atoms with van der Waals surface area (Å²) in [6.07, 6.45) is -3.07. The van der Waals surface area contributed by atoms with Crippen LogP contribution in [-0.2, 0) is 0 Å². The average molecular weight is 259 g/mol. The second kappa shape index (κ2) is 6.74. The highest BCUT2D eigenvalue weighted by Crippen LogP contribution is 2.31. The second-order valence-electron chi connectivity index (χ2n) is 3.46. The molecule has 0 N–H and O–H groups in total. The van der Waals surface area contributed by atoms with Crippen LogP contribution >= 0.6 is 0 Å². The number of benzene rings is 1. The highest BCUT2D eigenvalue weighted by Gasteiger charge is 2.32. The van der Waals surface area contributed by atoms with Gasteiger partial charge in [-0.25, -0.2) is 0 Å². The number of alkyl halides is 3. The molecular formula is C12H12F3NO2. The van der Waals surface area contributed by atoms with Crippen molar-refractivity contribution in [1.29, 1.82) is 5.26 Å². The number of para-hydroxylation sites is 2. The van der Waals surface area contributed by atoms with Crippen LogP contribution < -0.4 is 9.47 Å². The third-order valence-corrected chi connectivity index (χ3v) is 2.02. The first-order chi connectivity index (χ1) is 8.53. The lowest BCUT2D eigenvalue weighted by Crippen LogP contribution is -2.17. The van der Waals surface area contributed by atoms with Crippen molar-refractivity contribution in [1.82, 2.24) is 0 Å². The molecule has 0 saturated heterocycles. The Labute approximate surface area is 103 Å². The minimum absolute atomic E-state index is 0.0479. The molecular weight excluding hydrogens is 247 g/mol. The third-order valence-electron chi connectivity index (χ3n) is 2.02. The average Bonchev–Trinajstić information content (AvgIpc) is 2.29. The molecule has 0 aliphatic carbocycles. The van der Waals surface area contributed by atoms with Crippen molar-refractivity contribution in [3.8, 4) is 17.6 Å². The summed E-state index contributed by atoms with van der Waals surface area (Å²) >= 11 is 0.